The number of benzene rings is 2. The number of amides is 1. The molecule has 0 aliphatic rings. The highest BCUT2D eigenvalue weighted by molar-refractivity contribution is 8.00. The Morgan fingerprint density at radius 2 is 1.84 bits per heavy atom. The number of nitrogens with one attached hydrogen (secondary N) is 2. The van der Waals surface area contributed by atoms with E-state index in [-0.39, 0.29) is 11.9 Å². The minimum absolute atomic E-state index is 0.191. The van der Waals surface area contributed by atoms with E-state index < -0.39 is 5.25 Å². The summed E-state index contributed by atoms with van der Waals surface area (Å²) in [4.78, 5) is 16.9. The molecule has 0 aliphatic carbocycles. The topological polar surface area (TPSA) is 96.7 Å². The zero-order valence-electron chi connectivity index (χ0n) is 12.7. The monoisotopic (exact) mass is 393 g/mol. The molecule has 2 aromatic carbocycles. The van der Waals surface area contributed by atoms with Gasteiger partial charge in [-0.1, -0.05) is 65.3 Å². The zero-order chi connectivity index (χ0) is 17.8. The summed E-state index contributed by atoms with van der Waals surface area (Å²) in [5, 5.41) is 10.0. The Morgan fingerprint density at radius 3 is 2.44 bits per heavy atom. The van der Waals surface area contributed by atoms with E-state index in [1.54, 1.807) is 18.2 Å². The summed E-state index contributed by atoms with van der Waals surface area (Å²) in [6.07, 6.45) is 0. The van der Waals surface area contributed by atoms with Gasteiger partial charge >= 0.3 is 0 Å². The number of nitrogen functional groups attached to an aromatic ring is 1. The van der Waals surface area contributed by atoms with Crippen molar-refractivity contribution >= 4 is 52.5 Å². The highest BCUT2D eigenvalue weighted by Gasteiger charge is 2.24. The van der Waals surface area contributed by atoms with Crippen LogP contribution in [0.5, 0.6) is 0 Å². The number of hydrogen-bond acceptors (Lipinski definition) is 5. The van der Waals surface area contributed by atoms with Crippen molar-refractivity contribution in [1.29, 1.82) is 0 Å². The first-order valence-corrected chi connectivity index (χ1v) is 8.81. The maximum atomic E-state index is 12.8. The standard InChI is InChI=1S/C16H13Cl2N5OS/c17-10-6-11(18)8-12(7-10)20-14(24)13(9-4-2-1-3-5-9)25-16-21-15(19)22-23-16/h1-8,13H,(H,20,24)(H3,19,21,22,23)/t13-/m1/s1. The second-order valence-corrected chi connectivity index (χ2v) is 7.00. The predicted octanol–water partition coefficient (Wildman–Crippen LogP) is 4.17. The van der Waals surface area contributed by atoms with Crippen molar-refractivity contribution in [2.75, 3.05) is 11.1 Å². The molecule has 4 N–H and O–H groups in total. The summed E-state index contributed by atoms with van der Waals surface area (Å²) < 4.78 is 0. The molecule has 0 saturated heterocycles. The van der Waals surface area contributed by atoms with Crippen LogP contribution in [0.3, 0.4) is 0 Å². The van der Waals surface area contributed by atoms with Crippen LogP contribution in [-0.4, -0.2) is 21.1 Å². The Bertz CT molecular complexity index is 867. The normalized spacial score (nSPS) is 11.9. The number of nitrogens with two attached hydrogens (primary N) is 1. The molecule has 9 heteroatoms. The first-order chi connectivity index (χ1) is 12.0. The number of anilines is 2. The first-order valence-electron chi connectivity index (χ1n) is 7.18. The first kappa shape index (κ1) is 17.6. The van der Waals surface area contributed by atoms with Gasteiger partial charge < -0.3 is 11.1 Å². The summed E-state index contributed by atoms with van der Waals surface area (Å²) in [5.41, 5.74) is 6.87. The number of aromatic amines is 1. The molecule has 25 heavy (non-hydrogen) atoms. The number of halogens is 2. The molecule has 0 fully saturated rings. The molecule has 1 heterocycles. The second kappa shape index (κ2) is 7.77. The molecule has 1 amide bonds. The molecule has 3 rings (SSSR count). The van der Waals surface area contributed by atoms with E-state index in [1.165, 1.54) is 11.8 Å². The fourth-order valence-corrected chi connectivity index (χ4v) is 3.60. The Labute approximate surface area is 158 Å². The molecule has 1 atom stereocenters. The molecule has 0 saturated carbocycles. The largest absolute Gasteiger partial charge is 0.368 e. The van der Waals surface area contributed by atoms with Crippen molar-refractivity contribution in [2.45, 2.75) is 10.4 Å². The molecule has 0 unspecified atom stereocenters. The minimum atomic E-state index is -0.575. The Morgan fingerprint density at radius 1 is 1.16 bits per heavy atom. The lowest BCUT2D eigenvalue weighted by Gasteiger charge is -2.15. The van der Waals surface area contributed by atoms with Crippen LogP contribution in [-0.2, 0) is 4.79 Å². The maximum absolute atomic E-state index is 12.8. The lowest BCUT2D eigenvalue weighted by Crippen LogP contribution is -2.19. The van der Waals surface area contributed by atoms with Crippen LogP contribution >= 0.6 is 35.0 Å². The number of hydrogen-bond donors (Lipinski definition) is 3. The Kier molecular flexibility index (Phi) is 5.47. The molecule has 1 aromatic heterocycles. The van der Waals surface area contributed by atoms with E-state index in [2.05, 4.69) is 20.5 Å². The van der Waals surface area contributed by atoms with Crippen molar-refractivity contribution in [3.05, 3.63) is 64.1 Å². The Hall–Kier alpha value is -2.22. The summed E-state index contributed by atoms with van der Waals surface area (Å²) in [7, 11) is 0. The number of aromatic nitrogens is 3. The molecular weight excluding hydrogens is 381 g/mol. The predicted molar refractivity (Wildman–Crippen MR) is 101 cm³/mol. The number of thioether (sulfide) groups is 1. The fraction of sp³-hybridized carbons (Fsp3) is 0.0625. The van der Waals surface area contributed by atoms with Crippen LogP contribution in [0.15, 0.2) is 53.7 Å². The summed E-state index contributed by atoms with van der Waals surface area (Å²) >= 11 is 13.2. The third-order valence-corrected chi connectivity index (χ3v) is 4.73. The molecule has 0 aliphatic heterocycles. The third kappa shape index (κ3) is 4.66. The van der Waals surface area contributed by atoms with Gasteiger partial charge in [-0.2, -0.15) is 4.98 Å². The van der Waals surface area contributed by atoms with Crippen molar-refractivity contribution < 1.29 is 4.79 Å². The lowest BCUT2D eigenvalue weighted by molar-refractivity contribution is -0.115. The highest BCUT2D eigenvalue weighted by Crippen LogP contribution is 2.35. The van der Waals surface area contributed by atoms with Crippen molar-refractivity contribution in [3.8, 4) is 0 Å². The van der Waals surface area contributed by atoms with Gasteiger partial charge in [-0.3, -0.25) is 4.79 Å². The number of H-pyrrole nitrogens is 1. The van der Waals surface area contributed by atoms with Crippen molar-refractivity contribution in [3.63, 3.8) is 0 Å². The van der Waals surface area contributed by atoms with Crippen LogP contribution in [0.2, 0.25) is 10.0 Å². The summed E-state index contributed by atoms with van der Waals surface area (Å²) in [6.45, 7) is 0. The van der Waals surface area contributed by atoms with Gasteiger partial charge in [0, 0.05) is 15.7 Å². The van der Waals surface area contributed by atoms with Gasteiger partial charge in [0.1, 0.15) is 5.25 Å². The average molecular weight is 394 g/mol. The molecule has 128 valence electrons. The summed E-state index contributed by atoms with van der Waals surface area (Å²) in [5.74, 6) is -0.0609. The van der Waals surface area contributed by atoms with Crippen LogP contribution < -0.4 is 11.1 Å². The van der Waals surface area contributed by atoms with Gasteiger partial charge in [0.05, 0.1) is 0 Å². The number of nitrogens with zero attached hydrogens (tertiary/aromatic N) is 2. The minimum Gasteiger partial charge on any atom is -0.368 e. The van der Waals surface area contributed by atoms with E-state index >= 15 is 0 Å². The number of carbonyl (C=O) groups is 1. The molecular formula is C16H13Cl2N5OS. The highest BCUT2D eigenvalue weighted by atomic mass is 35.5. The smallest absolute Gasteiger partial charge is 0.242 e. The lowest BCUT2D eigenvalue weighted by atomic mass is 10.1. The van der Waals surface area contributed by atoms with Crippen molar-refractivity contribution in [1.82, 2.24) is 15.2 Å². The average Bonchev–Trinajstić information content (AvgIpc) is 2.97. The SMILES string of the molecule is Nc1nc(S[C@@H](C(=O)Nc2cc(Cl)cc(Cl)c2)c2ccccc2)n[nH]1. The number of carbonyl (C=O) groups excluding carboxylic acids is 1. The molecule has 6 nitrogen and oxygen atoms in total. The van der Waals surface area contributed by atoms with Crippen LogP contribution in [0, 0.1) is 0 Å². The fourth-order valence-electron chi connectivity index (χ4n) is 2.15. The van der Waals surface area contributed by atoms with E-state index in [9.17, 15) is 4.79 Å². The third-order valence-electron chi connectivity index (χ3n) is 3.18. The van der Waals surface area contributed by atoms with E-state index in [1.807, 2.05) is 30.3 Å². The second-order valence-electron chi connectivity index (χ2n) is 5.06. The van der Waals surface area contributed by atoms with Gasteiger partial charge in [-0.25, -0.2) is 5.10 Å². The van der Waals surface area contributed by atoms with Gasteiger partial charge in [0.2, 0.25) is 17.0 Å². The maximum Gasteiger partial charge on any atom is 0.242 e. The van der Waals surface area contributed by atoms with E-state index in [0.717, 1.165) is 5.56 Å². The molecule has 0 radical (unpaired) electrons. The van der Waals surface area contributed by atoms with Gasteiger partial charge in [0.15, 0.2) is 0 Å². The summed E-state index contributed by atoms with van der Waals surface area (Å²) in [6, 6.07) is 14.2. The molecule has 3 aromatic rings. The molecule has 0 bridgehead atoms. The van der Waals surface area contributed by atoms with Crippen LogP contribution in [0.1, 0.15) is 10.8 Å². The zero-order valence-corrected chi connectivity index (χ0v) is 15.1. The number of rotatable bonds is 5. The van der Waals surface area contributed by atoms with Gasteiger partial charge in [-0.05, 0) is 23.8 Å². The van der Waals surface area contributed by atoms with E-state index in [0.29, 0.717) is 20.9 Å². The van der Waals surface area contributed by atoms with Crippen molar-refractivity contribution in [2.24, 2.45) is 0 Å². The van der Waals surface area contributed by atoms with E-state index in [4.69, 9.17) is 28.9 Å². The van der Waals surface area contributed by atoms with Gasteiger partial charge in [0.25, 0.3) is 0 Å². The van der Waals surface area contributed by atoms with Gasteiger partial charge in [-0.15, -0.1) is 5.10 Å². The molecule has 0 spiro atoms. The van der Waals surface area contributed by atoms with Crippen LogP contribution in [0.4, 0.5) is 11.6 Å². The van der Waals surface area contributed by atoms with Crippen LogP contribution in [0.25, 0.3) is 0 Å². The quantitative estimate of drug-likeness (QED) is 0.565. The Balaban J connectivity index is 1.86.